The molecular formula is C19H32NO3+. The summed E-state index contributed by atoms with van der Waals surface area (Å²) in [6, 6.07) is 0. The van der Waals surface area contributed by atoms with Crippen molar-refractivity contribution in [3.8, 4) is 0 Å². The van der Waals surface area contributed by atoms with Crippen LogP contribution in [0.5, 0.6) is 0 Å². The summed E-state index contributed by atoms with van der Waals surface area (Å²) in [6.07, 6.45) is 7.09. The van der Waals surface area contributed by atoms with E-state index in [-0.39, 0.29) is 23.4 Å². The summed E-state index contributed by atoms with van der Waals surface area (Å²) in [5.41, 5.74) is 3.51. The van der Waals surface area contributed by atoms with Gasteiger partial charge in [0.15, 0.2) is 0 Å². The molecule has 0 radical (unpaired) electrons. The molecule has 0 aromatic rings. The molecule has 1 saturated carbocycles. The molecule has 4 heteroatoms. The summed E-state index contributed by atoms with van der Waals surface area (Å²) < 4.78 is 10.9. The molecule has 3 rings (SSSR count). The summed E-state index contributed by atoms with van der Waals surface area (Å²) in [5.74, 6) is 0.523. The number of rotatable bonds is 6. The highest BCUT2D eigenvalue weighted by Crippen LogP contribution is 2.54. The molecule has 2 fully saturated rings. The number of hydrogen-bond acceptors (Lipinski definition) is 3. The van der Waals surface area contributed by atoms with Crippen LogP contribution in [0.1, 0.15) is 52.4 Å². The van der Waals surface area contributed by atoms with E-state index in [9.17, 15) is 4.79 Å². The summed E-state index contributed by atoms with van der Waals surface area (Å²) >= 11 is 0. The highest BCUT2D eigenvalue weighted by atomic mass is 16.6. The second-order valence-electron chi connectivity index (χ2n) is 7.99. The number of allylic oxidation sites excluding steroid dienone is 2. The van der Waals surface area contributed by atoms with E-state index in [1.165, 1.54) is 19.3 Å². The Kier molecular flexibility index (Phi) is 5.12. The molecule has 0 aromatic heterocycles. The third-order valence-electron chi connectivity index (χ3n) is 6.36. The van der Waals surface area contributed by atoms with Crippen molar-refractivity contribution in [2.75, 3.05) is 26.8 Å². The van der Waals surface area contributed by atoms with E-state index in [1.54, 1.807) is 18.3 Å². The van der Waals surface area contributed by atoms with Crippen LogP contribution in [-0.2, 0) is 14.3 Å². The van der Waals surface area contributed by atoms with Crippen LogP contribution in [0.3, 0.4) is 0 Å². The third-order valence-corrected chi connectivity index (χ3v) is 6.36. The highest BCUT2D eigenvalue weighted by molar-refractivity contribution is 5.75. The van der Waals surface area contributed by atoms with Crippen LogP contribution in [0.4, 0.5) is 0 Å². The lowest BCUT2D eigenvalue weighted by atomic mass is 9.59. The van der Waals surface area contributed by atoms with Crippen molar-refractivity contribution in [3.05, 3.63) is 11.1 Å². The number of quaternary nitrogens is 1. The van der Waals surface area contributed by atoms with E-state index in [2.05, 4.69) is 19.2 Å². The second kappa shape index (κ2) is 6.94. The quantitative estimate of drug-likeness (QED) is 0.462. The van der Waals surface area contributed by atoms with Gasteiger partial charge in [0.2, 0.25) is 0 Å². The van der Waals surface area contributed by atoms with Gasteiger partial charge in [-0.3, -0.25) is 4.79 Å². The lowest BCUT2D eigenvalue weighted by Gasteiger charge is -2.45. The van der Waals surface area contributed by atoms with Crippen molar-refractivity contribution in [1.82, 2.24) is 0 Å². The number of esters is 1. The minimum absolute atomic E-state index is 0.0449. The molecule has 23 heavy (non-hydrogen) atoms. The summed E-state index contributed by atoms with van der Waals surface area (Å²) in [4.78, 5) is 12.4. The van der Waals surface area contributed by atoms with Crippen LogP contribution in [0.2, 0.25) is 0 Å². The molecule has 2 N–H and O–H groups in total. The Morgan fingerprint density at radius 1 is 1.43 bits per heavy atom. The van der Waals surface area contributed by atoms with Gasteiger partial charge in [0.1, 0.15) is 12.0 Å². The summed E-state index contributed by atoms with van der Waals surface area (Å²) in [7, 11) is 1.73. The van der Waals surface area contributed by atoms with Crippen molar-refractivity contribution in [2.45, 2.75) is 58.5 Å². The molecule has 3 aliphatic rings. The van der Waals surface area contributed by atoms with Crippen LogP contribution in [0.25, 0.3) is 0 Å². The molecule has 0 bridgehead atoms. The van der Waals surface area contributed by atoms with Gasteiger partial charge in [-0.15, -0.1) is 0 Å². The number of methoxy groups -OCH3 is 1. The molecule has 0 aromatic carbocycles. The van der Waals surface area contributed by atoms with E-state index >= 15 is 0 Å². The molecule has 0 unspecified atom stereocenters. The Bertz CT molecular complexity index is 487. The monoisotopic (exact) mass is 322 g/mol. The van der Waals surface area contributed by atoms with Crippen LogP contribution < -0.4 is 5.32 Å². The standard InChI is InChI=1S/C19H31NO3/c1-13-6-4-7-19(2)11-17-14(10-16(13)19)15(18(21)23-17)12-20-8-5-9-22-3/h14-15,17,20H,4-12H2,1-3H3/p+1/t14-,15+,17-,19-/m1/s1. The van der Waals surface area contributed by atoms with Crippen molar-refractivity contribution in [2.24, 2.45) is 17.3 Å². The maximum atomic E-state index is 12.4. The molecule has 0 spiro atoms. The fourth-order valence-electron chi connectivity index (χ4n) is 5.05. The fourth-order valence-corrected chi connectivity index (χ4v) is 5.05. The average Bonchev–Trinajstić information content (AvgIpc) is 2.79. The first-order valence-corrected chi connectivity index (χ1v) is 9.25. The number of carbonyl (C=O) groups is 1. The van der Waals surface area contributed by atoms with Gasteiger partial charge < -0.3 is 14.8 Å². The molecule has 4 atom stereocenters. The van der Waals surface area contributed by atoms with Crippen molar-refractivity contribution in [1.29, 1.82) is 0 Å². The van der Waals surface area contributed by atoms with Gasteiger partial charge in [-0.25, -0.2) is 0 Å². The molecule has 2 aliphatic carbocycles. The molecule has 1 heterocycles. The maximum absolute atomic E-state index is 12.4. The van der Waals surface area contributed by atoms with Gasteiger partial charge in [0.05, 0.1) is 19.7 Å². The first-order chi connectivity index (χ1) is 11.0. The number of nitrogens with two attached hydrogens (primary N) is 1. The van der Waals surface area contributed by atoms with E-state index in [0.717, 1.165) is 39.0 Å². The van der Waals surface area contributed by atoms with Gasteiger partial charge in [0.25, 0.3) is 0 Å². The van der Waals surface area contributed by atoms with Crippen LogP contribution >= 0.6 is 0 Å². The predicted octanol–water partition coefficient (Wildman–Crippen LogP) is 2.04. The summed E-state index contributed by atoms with van der Waals surface area (Å²) in [5, 5.41) is 2.27. The Hall–Kier alpha value is -0.870. The fraction of sp³-hybridized carbons (Fsp3) is 0.842. The van der Waals surface area contributed by atoms with Crippen LogP contribution in [0.15, 0.2) is 11.1 Å². The number of ether oxygens (including phenoxy) is 2. The van der Waals surface area contributed by atoms with E-state index in [1.807, 2.05) is 0 Å². The topological polar surface area (TPSA) is 52.1 Å². The number of fused-ring (bicyclic) bond motifs is 2. The van der Waals surface area contributed by atoms with Gasteiger partial charge in [-0.2, -0.15) is 0 Å². The highest BCUT2D eigenvalue weighted by Gasteiger charge is 2.53. The molecule has 4 nitrogen and oxygen atoms in total. The largest absolute Gasteiger partial charge is 0.462 e. The van der Waals surface area contributed by atoms with E-state index < -0.39 is 0 Å². The van der Waals surface area contributed by atoms with Gasteiger partial charge >= 0.3 is 5.97 Å². The number of carbonyl (C=O) groups excluding carboxylic acids is 1. The van der Waals surface area contributed by atoms with Crippen molar-refractivity contribution >= 4 is 5.97 Å². The zero-order valence-corrected chi connectivity index (χ0v) is 14.9. The second-order valence-corrected chi connectivity index (χ2v) is 7.99. The SMILES string of the molecule is COCCC[NH2+]C[C@@H]1C(=O)O[C@@H]2C[C@@]3(C)CCCC(C)=C3C[C@H]12. The van der Waals surface area contributed by atoms with Crippen LogP contribution in [0, 0.1) is 17.3 Å². The predicted molar refractivity (Wildman–Crippen MR) is 88.9 cm³/mol. The lowest BCUT2D eigenvalue weighted by molar-refractivity contribution is -0.659. The van der Waals surface area contributed by atoms with Gasteiger partial charge in [0, 0.05) is 19.4 Å². The third kappa shape index (κ3) is 3.34. The zero-order valence-electron chi connectivity index (χ0n) is 14.9. The van der Waals surface area contributed by atoms with E-state index in [4.69, 9.17) is 9.47 Å². The molecular weight excluding hydrogens is 290 g/mol. The lowest BCUT2D eigenvalue weighted by Crippen LogP contribution is -2.86. The zero-order chi connectivity index (χ0) is 16.4. The molecule has 1 saturated heterocycles. The minimum Gasteiger partial charge on any atom is -0.462 e. The molecule has 130 valence electrons. The minimum atomic E-state index is 0.0449. The first-order valence-electron chi connectivity index (χ1n) is 9.25. The Morgan fingerprint density at radius 3 is 3.04 bits per heavy atom. The maximum Gasteiger partial charge on any atom is 0.315 e. The smallest absolute Gasteiger partial charge is 0.315 e. The normalized spacial score (nSPS) is 36.7. The van der Waals surface area contributed by atoms with E-state index in [0.29, 0.717) is 5.92 Å². The Balaban J connectivity index is 1.65. The Morgan fingerprint density at radius 2 is 2.26 bits per heavy atom. The average molecular weight is 322 g/mol. The van der Waals surface area contributed by atoms with Gasteiger partial charge in [-0.05, 0) is 44.4 Å². The van der Waals surface area contributed by atoms with Crippen LogP contribution in [-0.4, -0.2) is 38.9 Å². The molecule has 1 aliphatic heterocycles. The van der Waals surface area contributed by atoms with Gasteiger partial charge in [-0.1, -0.05) is 18.1 Å². The Labute approximate surface area is 140 Å². The number of hydrogen-bond donors (Lipinski definition) is 1. The summed E-state index contributed by atoms with van der Waals surface area (Å²) in [6.45, 7) is 7.37. The van der Waals surface area contributed by atoms with Crippen molar-refractivity contribution < 1.29 is 19.6 Å². The first kappa shape index (κ1) is 17.0. The van der Waals surface area contributed by atoms with Crippen molar-refractivity contribution in [3.63, 3.8) is 0 Å². The molecule has 0 amide bonds.